The van der Waals surface area contributed by atoms with Gasteiger partial charge in [0.2, 0.25) is 0 Å². The molecule has 0 saturated heterocycles. The van der Waals surface area contributed by atoms with Gasteiger partial charge >= 0.3 is 0 Å². The third-order valence-corrected chi connectivity index (χ3v) is 3.85. The normalized spacial score (nSPS) is 12.0. The van der Waals surface area contributed by atoms with E-state index in [-0.39, 0.29) is 0 Å². The Morgan fingerprint density at radius 3 is 2.48 bits per heavy atom. The van der Waals surface area contributed by atoms with Crippen LogP contribution in [0.25, 0.3) is 0 Å². The van der Waals surface area contributed by atoms with Gasteiger partial charge in [-0.3, -0.25) is 0 Å². The molecule has 0 atom stereocenters. The van der Waals surface area contributed by atoms with Crippen molar-refractivity contribution in [2.24, 2.45) is 15.9 Å². The van der Waals surface area contributed by atoms with Gasteiger partial charge in [-0.1, -0.05) is 65.3 Å². The fraction of sp³-hybridized carbons (Fsp3) is 0.125. The second kappa shape index (κ2) is 7.86. The van der Waals surface area contributed by atoms with Gasteiger partial charge < -0.3 is 5.73 Å². The number of hydrogen-bond donors (Lipinski definition) is 1. The van der Waals surface area contributed by atoms with E-state index in [0.29, 0.717) is 10.2 Å². The summed E-state index contributed by atoms with van der Waals surface area (Å²) in [5.74, 6) is 0.784. The number of thioether (sulfide) groups is 1. The fourth-order valence-corrected chi connectivity index (χ4v) is 2.31. The van der Waals surface area contributed by atoms with Gasteiger partial charge in [-0.05, 0) is 30.2 Å². The molecular weight excluding hydrogens is 302 g/mol. The van der Waals surface area contributed by atoms with Crippen LogP contribution in [-0.4, -0.2) is 11.4 Å². The molecule has 2 N–H and O–H groups in total. The average Bonchev–Trinajstić information content (AvgIpc) is 2.49. The van der Waals surface area contributed by atoms with E-state index in [1.165, 1.54) is 22.9 Å². The number of hydrogen-bond acceptors (Lipinski definition) is 3. The van der Waals surface area contributed by atoms with Crippen molar-refractivity contribution in [1.29, 1.82) is 0 Å². The topological polar surface area (TPSA) is 50.7 Å². The maximum absolute atomic E-state index is 5.82. The standard InChI is InChI=1S/C16H16ClN3S/c1-12-2-4-14(5-3-12)11-21-16(18)20-19-10-13-6-8-15(17)9-7-13/h2-10H,11H2,1H3,(H2,18,20)/b19-10+. The first kappa shape index (κ1) is 15.6. The van der Waals surface area contributed by atoms with E-state index in [4.69, 9.17) is 17.3 Å². The Morgan fingerprint density at radius 1 is 1.14 bits per heavy atom. The summed E-state index contributed by atoms with van der Waals surface area (Å²) < 4.78 is 0. The van der Waals surface area contributed by atoms with Crippen molar-refractivity contribution in [3.05, 3.63) is 70.2 Å². The Kier molecular flexibility index (Phi) is 5.84. The van der Waals surface area contributed by atoms with Crippen LogP contribution in [0.5, 0.6) is 0 Å². The third kappa shape index (κ3) is 5.61. The highest BCUT2D eigenvalue weighted by atomic mass is 35.5. The molecule has 0 bridgehead atoms. The molecule has 21 heavy (non-hydrogen) atoms. The minimum Gasteiger partial charge on any atom is -0.377 e. The molecule has 0 aliphatic rings. The van der Waals surface area contributed by atoms with Crippen LogP contribution in [0.4, 0.5) is 0 Å². The molecule has 0 radical (unpaired) electrons. The van der Waals surface area contributed by atoms with Crippen molar-refractivity contribution < 1.29 is 0 Å². The number of amidine groups is 1. The summed E-state index contributed by atoms with van der Waals surface area (Å²) in [6.45, 7) is 2.07. The number of nitrogens with two attached hydrogens (primary N) is 1. The Balaban J connectivity index is 1.86. The summed E-state index contributed by atoms with van der Waals surface area (Å²) in [4.78, 5) is 0. The summed E-state index contributed by atoms with van der Waals surface area (Å²) in [6, 6.07) is 15.7. The molecule has 0 amide bonds. The fourth-order valence-electron chi connectivity index (χ4n) is 1.57. The Labute approximate surface area is 133 Å². The highest BCUT2D eigenvalue weighted by Gasteiger charge is 1.96. The predicted molar refractivity (Wildman–Crippen MR) is 93.1 cm³/mol. The van der Waals surface area contributed by atoms with Gasteiger partial charge in [-0.15, -0.1) is 5.10 Å². The molecule has 5 heteroatoms. The Morgan fingerprint density at radius 2 is 1.81 bits per heavy atom. The van der Waals surface area contributed by atoms with Gasteiger partial charge in [-0.25, -0.2) is 0 Å². The van der Waals surface area contributed by atoms with Crippen LogP contribution in [0, 0.1) is 6.92 Å². The minimum atomic E-state index is 0.445. The van der Waals surface area contributed by atoms with Crippen molar-refractivity contribution in [1.82, 2.24) is 0 Å². The lowest BCUT2D eigenvalue weighted by molar-refractivity contribution is 1.25. The predicted octanol–water partition coefficient (Wildman–Crippen LogP) is 4.23. The van der Waals surface area contributed by atoms with Crippen LogP contribution in [0.3, 0.4) is 0 Å². The van der Waals surface area contributed by atoms with E-state index in [9.17, 15) is 0 Å². The summed E-state index contributed by atoms with van der Waals surface area (Å²) in [5, 5.41) is 9.08. The van der Waals surface area contributed by atoms with Crippen LogP contribution < -0.4 is 5.73 Å². The van der Waals surface area contributed by atoms with Crippen LogP contribution in [0.1, 0.15) is 16.7 Å². The Hall–Kier alpha value is -1.78. The van der Waals surface area contributed by atoms with Gasteiger partial charge in [0.25, 0.3) is 0 Å². The second-order valence-corrected chi connectivity index (χ2v) is 5.94. The second-order valence-electron chi connectivity index (χ2n) is 4.51. The van der Waals surface area contributed by atoms with Crippen LogP contribution in [0.2, 0.25) is 5.02 Å². The zero-order valence-electron chi connectivity index (χ0n) is 11.7. The highest BCUT2D eigenvalue weighted by molar-refractivity contribution is 8.13. The zero-order valence-corrected chi connectivity index (χ0v) is 13.2. The van der Waals surface area contributed by atoms with Crippen LogP contribution in [0.15, 0.2) is 58.7 Å². The quantitative estimate of drug-likeness (QED) is 0.521. The maximum Gasteiger partial charge on any atom is 0.180 e. The number of rotatable bonds is 4. The van der Waals surface area contributed by atoms with Gasteiger partial charge in [0.05, 0.1) is 6.21 Å². The molecule has 0 fully saturated rings. The first-order chi connectivity index (χ1) is 10.1. The molecule has 0 heterocycles. The van der Waals surface area contributed by atoms with Crippen molar-refractivity contribution >= 4 is 34.7 Å². The minimum absolute atomic E-state index is 0.445. The monoisotopic (exact) mass is 317 g/mol. The molecule has 108 valence electrons. The van der Waals surface area contributed by atoms with E-state index >= 15 is 0 Å². The molecule has 2 aromatic rings. The molecule has 0 aliphatic heterocycles. The largest absolute Gasteiger partial charge is 0.377 e. The molecule has 2 rings (SSSR count). The molecule has 2 aromatic carbocycles. The lowest BCUT2D eigenvalue weighted by atomic mass is 10.2. The van der Waals surface area contributed by atoms with E-state index < -0.39 is 0 Å². The first-order valence-corrected chi connectivity index (χ1v) is 7.80. The van der Waals surface area contributed by atoms with E-state index in [0.717, 1.165) is 11.3 Å². The number of halogens is 1. The molecular formula is C16H16ClN3S. The summed E-state index contributed by atoms with van der Waals surface area (Å²) in [5.41, 5.74) is 9.21. The third-order valence-electron chi connectivity index (χ3n) is 2.74. The van der Waals surface area contributed by atoms with Crippen LogP contribution in [-0.2, 0) is 5.75 Å². The van der Waals surface area contributed by atoms with Gasteiger partial charge in [0, 0.05) is 10.8 Å². The van der Waals surface area contributed by atoms with Gasteiger partial charge in [0.15, 0.2) is 5.17 Å². The summed E-state index contributed by atoms with van der Waals surface area (Å²) >= 11 is 7.28. The Bertz CT molecular complexity index is 634. The SMILES string of the molecule is Cc1ccc(CS/C(N)=N/N=C/c2ccc(Cl)cc2)cc1. The summed E-state index contributed by atoms with van der Waals surface area (Å²) in [7, 11) is 0. The summed E-state index contributed by atoms with van der Waals surface area (Å²) in [6.07, 6.45) is 1.65. The van der Waals surface area contributed by atoms with Gasteiger partial charge in [-0.2, -0.15) is 5.10 Å². The number of nitrogens with zero attached hydrogens (tertiary/aromatic N) is 2. The molecule has 0 unspecified atom stereocenters. The first-order valence-electron chi connectivity index (χ1n) is 6.44. The van der Waals surface area contributed by atoms with Crippen molar-refractivity contribution in [2.75, 3.05) is 0 Å². The van der Waals surface area contributed by atoms with E-state index in [1.807, 2.05) is 24.3 Å². The molecule has 3 nitrogen and oxygen atoms in total. The van der Waals surface area contributed by atoms with E-state index in [2.05, 4.69) is 41.4 Å². The molecule has 0 spiro atoms. The lowest BCUT2D eigenvalue weighted by Gasteiger charge is -2.00. The molecule has 0 aromatic heterocycles. The van der Waals surface area contributed by atoms with Crippen molar-refractivity contribution in [3.8, 4) is 0 Å². The molecule has 0 saturated carbocycles. The average molecular weight is 318 g/mol. The van der Waals surface area contributed by atoms with Crippen LogP contribution >= 0.6 is 23.4 Å². The van der Waals surface area contributed by atoms with Crippen molar-refractivity contribution in [3.63, 3.8) is 0 Å². The smallest absolute Gasteiger partial charge is 0.180 e. The zero-order chi connectivity index (χ0) is 15.1. The highest BCUT2D eigenvalue weighted by Crippen LogP contribution is 2.13. The van der Waals surface area contributed by atoms with Crippen molar-refractivity contribution in [2.45, 2.75) is 12.7 Å². The van der Waals surface area contributed by atoms with E-state index in [1.54, 1.807) is 6.21 Å². The number of aryl methyl sites for hydroxylation is 1. The van der Waals surface area contributed by atoms with Gasteiger partial charge in [0.1, 0.15) is 0 Å². The number of benzene rings is 2. The maximum atomic E-state index is 5.82. The molecule has 0 aliphatic carbocycles. The lowest BCUT2D eigenvalue weighted by Crippen LogP contribution is -2.06.